The van der Waals surface area contributed by atoms with Crippen LogP contribution >= 0.6 is 23.1 Å². The number of nitrogens with zero attached hydrogens (tertiary/aromatic N) is 3. The summed E-state index contributed by atoms with van der Waals surface area (Å²) in [4.78, 5) is 25.3. The summed E-state index contributed by atoms with van der Waals surface area (Å²) in [5, 5.41) is 6.31. The van der Waals surface area contributed by atoms with Gasteiger partial charge in [0.1, 0.15) is 10.8 Å². The van der Waals surface area contributed by atoms with E-state index in [9.17, 15) is 4.79 Å². The van der Waals surface area contributed by atoms with Crippen molar-refractivity contribution in [3.63, 3.8) is 0 Å². The Morgan fingerprint density at radius 1 is 1.23 bits per heavy atom. The van der Waals surface area contributed by atoms with Gasteiger partial charge in [-0.2, -0.15) is 0 Å². The number of carbonyl (C=O) groups is 1. The predicted octanol–water partition coefficient (Wildman–Crippen LogP) is 3.61. The summed E-state index contributed by atoms with van der Waals surface area (Å²) in [7, 11) is 0. The molecule has 0 aliphatic carbocycles. The first kappa shape index (κ1) is 18.3. The zero-order chi connectivity index (χ0) is 18.5. The first-order valence-corrected chi connectivity index (χ1v) is 9.89. The lowest BCUT2D eigenvalue weighted by Gasteiger charge is -2.06. The van der Waals surface area contributed by atoms with Crippen molar-refractivity contribution < 1.29 is 4.79 Å². The van der Waals surface area contributed by atoms with Crippen LogP contribution in [0.5, 0.6) is 0 Å². The van der Waals surface area contributed by atoms with Crippen molar-refractivity contribution in [1.29, 1.82) is 0 Å². The topological polar surface area (TPSA) is 93.8 Å². The highest BCUT2D eigenvalue weighted by Crippen LogP contribution is 2.22. The fourth-order valence-electron chi connectivity index (χ4n) is 2.31. The molecule has 3 aromatic rings. The molecular weight excluding hydrogens is 366 g/mol. The van der Waals surface area contributed by atoms with E-state index >= 15 is 0 Å². The molecule has 0 spiro atoms. The molecule has 3 rings (SSSR count). The summed E-state index contributed by atoms with van der Waals surface area (Å²) in [5.41, 5.74) is 9.35. The Hall–Kier alpha value is -2.45. The van der Waals surface area contributed by atoms with Gasteiger partial charge in [0.15, 0.2) is 5.16 Å². The lowest BCUT2D eigenvalue weighted by atomic mass is 10.2. The van der Waals surface area contributed by atoms with Crippen molar-refractivity contribution >= 4 is 40.5 Å². The van der Waals surface area contributed by atoms with Gasteiger partial charge in [0.2, 0.25) is 5.91 Å². The fourth-order valence-corrected chi connectivity index (χ4v) is 4.01. The van der Waals surface area contributed by atoms with E-state index in [0.717, 1.165) is 27.6 Å². The highest BCUT2D eigenvalue weighted by molar-refractivity contribution is 7.98. The van der Waals surface area contributed by atoms with E-state index in [1.807, 2.05) is 43.5 Å². The van der Waals surface area contributed by atoms with E-state index in [0.29, 0.717) is 16.7 Å². The van der Waals surface area contributed by atoms with Crippen LogP contribution < -0.4 is 11.1 Å². The van der Waals surface area contributed by atoms with E-state index in [1.165, 1.54) is 23.1 Å². The molecule has 0 atom stereocenters. The smallest absolute Gasteiger partial charge is 0.231 e. The number of thiazole rings is 1. The number of anilines is 2. The number of nitrogens with one attached hydrogen (secondary N) is 1. The molecule has 0 unspecified atom stereocenters. The molecule has 1 aromatic carbocycles. The van der Waals surface area contributed by atoms with Gasteiger partial charge in [0.25, 0.3) is 0 Å². The van der Waals surface area contributed by atoms with Crippen LogP contribution in [-0.2, 0) is 17.0 Å². The summed E-state index contributed by atoms with van der Waals surface area (Å²) in [6.45, 7) is 3.85. The second-order valence-electron chi connectivity index (χ2n) is 5.78. The summed E-state index contributed by atoms with van der Waals surface area (Å²) >= 11 is 2.96. The molecule has 2 aromatic heterocycles. The van der Waals surface area contributed by atoms with E-state index in [-0.39, 0.29) is 12.3 Å². The maximum atomic E-state index is 12.2. The molecule has 1 amide bonds. The van der Waals surface area contributed by atoms with E-state index in [1.54, 1.807) is 6.07 Å². The molecule has 0 saturated carbocycles. The Morgan fingerprint density at radius 3 is 2.81 bits per heavy atom. The number of nitrogens with two attached hydrogens (primary N) is 1. The summed E-state index contributed by atoms with van der Waals surface area (Å²) in [6, 6.07) is 9.44. The fraction of sp³-hybridized carbons (Fsp3) is 0.222. The molecule has 2 heterocycles. The number of hydrogen-bond donors (Lipinski definition) is 2. The molecule has 0 aliphatic rings. The number of carbonyl (C=O) groups excluding carboxylic acids is 1. The van der Waals surface area contributed by atoms with E-state index in [4.69, 9.17) is 5.73 Å². The largest absolute Gasteiger partial charge is 0.384 e. The van der Waals surface area contributed by atoms with Crippen molar-refractivity contribution in [1.82, 2.24) is 15.0 Å². The SMILES string of the molecule is Cc1cc(N)nc(SCc2csc(CC(=O)Nc3ccccc3C)n2)n1. The standard InChI is InChI=1S/C18H19N5OS2/c1-11-5-3-4-6-14(11)22-16(24)8-17-21-13(9-25-17)10-26-18-20-12(2)7-15(19)23-18/h3-7,9H,8,10H2,1-2H3,(H,22,24)(H2,19,20,23). The summed E-state index contributed by atoms with van der Waals surface area (Å²) in [6.07, 6.45) is 0.261. The molecule has 0 radical (unpaired) electrons. The third kappa shape index (κ3) is 5.03. The normalized spacial score (nSPS) is 10.7. The molecule has 6 nitrogen and oxygen atoms in total. The Kier molecular flexibility index (Phi) is 5.85. The molecule has 26 heavy (non-hydrogen) atoms. The average Bonchev–Trinajstić information content (AvgIpc) is 3.01. The van der Waals surface area contributed by atoms with Crippen molar-refractivity contribution in [2.24, 2.45) is 0 Å². The number of para-hydroxylation sites is 1. The molecule has 3 N–H and O–H groups in total. The molecule has 0 fully saturated rings. The first-order chi connectivity index (χ1) is 12.5. The van der Waals surface area contributed by atoms with Crippen LogP contribution in [0.2, 0.25) is 0 Å². The molecule has 134 valence electrons. The molecule has 0 bridgehead atoms. The van der Waals surface area contributed by atoms with Crippen molar-refractivity contribution in [2.45, 2.75) is 31.2 Å². The maximum absolute atomic E-state index is 12.2. The monoisotopic (exact) mass is 385 g/mol. The minimum absolute atomic E-state index is 0.0670. The van der Waals surface area contributed by atoms with E-state index in [2.05, 4.69) is 20.3 Å². The Morgan fingerprint density at radius 2 is 2.04 bits per heavy atom. The van der Waals surface area contributed by atoms with Gasteiger partial charge in [-0.1, -0.05) is 30.0 Å². The molecule has 0 aliphatic heterocycles. The number of rotatable bonds is 6. The van der Waals surface area contributed by atoms with Crippen LogP contribution in [0.25, 0.3) is 0 Å². The van der Waals surface area contributed by atoms with Gasteiger partial charge < -0.3 is 11.1 Å². The van der Waals surface area contributed by atoms with Gasteiger partial charge in [-0.05, 0) is 25.5 Å². The van der Waals surface area contributed by atoms with Gasteiger partial charge >= 0.3 is 0 Å². The van der Waals surface area contributed by atoms with Gasteiger partial charge in [-0.3, -0.25) is 4.79 Å². The predicted molar refractivity (Wildman–Crippen MR) is 106 cm³/mol. The van der Waals surface area contributed by atoms with Crippen molar-refractivity contribution in [3.05, 3.63) is 57.7 Å². The van der Waals surface area contributed by atoms with Gasteiger partial charge in [0, 0.05) is 28.6 Å². The van der Waals surface area contributed by atoms with Gasteiger partial charge in [0.05, 0.1) is 12.1 Å². The second-order valence-corrected chi connectivity index (χ2v) is 7.66. The third-order valence-electron chi connectivity index (χ3n) is 3.53. The minimum Gasteiger partial charge on any atom is -0.384 e. The van der Waals surface area contributed by atoms with Gasteiger partial charge in [-0.15, -0.1) is 11.3 Å². The lowest BCUT2D eigenvalue weighted by Crippen LogP contribution is -2.15. The minimum atomic E-state index is -0.0670. The Labute approximate surface area is 160 Å². The highest BCUT2D eigenvalue weighted by atomic mass is 32.2. The summed E-state index contributed by atoms with van der Waals surface area (Å²) < 4.78 is 0. The highest BCUT2D eigenvalue weighted by Gasteiger charge is 2.10. The van der Waals surface area contributed by atoms with Gasteiger partial charge in [-0.25, -0.2) is 15.0 Å². The second kappa shape index (κ2) is 8.29. The Balaban J connectivity index is 1.56. The average molecular weight is 386 g/mol. The van der Waals surface area contributed by atoms with Crippen molar-refractivity contribution in [3.8, 4) is 0 Å². The Bertz CT molecular complexity index is 905. The number of amides is 1. The quantitative estimate of drug-likeness (QED) is 0.497. The zero-order valence-electron chi connectivity index (χ0n) is 14.5. The number of aromatic nitrogens is 3. The summed E-state index contributed by atoms with van der Waals surface area (Å²) in [5.74, 6) is 1.04. The number of benzene rings is 1. The first-order valence-electron chi connectivity index (χ1n) is 8.02. The van der Waals surface area contributed by atoms with E-state index < -0.39 is 0 Å². The van der Waals surface area contributed by atoms with Crippen LogP contribution in [0.15, 0.2) is 40.9 Å². The molecule has 8 heteroatoms. The lowest BCUT2D eigenvalue weighted by molar-refractivity contribution is -0.115. The maximum Gasteiger partial charge on any atom is 0.231 e. The molecule has 0 saturated heterocycles. The number of hydrogen-bond acceptors (Lipinski definition) is 7. The third-order valence-corrected chi connectivity index (χ3v) is 5.31. The van der Waals surface area contributed by atoms with Crippen LogP contribution in [0.3, 0.4) is 0 Å². The number of nitrogen functional groups attached to an aromatic ring is 1. The van der Waals surface area contributed by atoms with Crippen LogP contribution in [0.1, 0.15) is 22.0 Å². The van der Waals surface area contributed by atoms with Crippen molar-refractivity contribution in [2.75, 3.05) is 11.1 Å². The number of thioether (sulfide) groups is 1. The van der Waals surface area contributed by atoms with Crippen LogP contribution in [-0.4, -0.2) is 20.9 Å². The van der Waals surface area contributed by atoms with Crippen LogP contribution in [0.4, 0.5) is 11.5 Å². The molecular formula is C18H19N5OS2. The zero-order valence-corrected chi connectivity index (χ0v) is 16.2. The number of aryl methyl sites for hydroxylation is 2. The van der Waals surface area contributed by atoms with Crippen LogP contribution in [0, 0.1) is 13.8 Å².